The molecule has 0 aliphatic carbocycles. The topological polar surface area (TPSA) is 12.0 Å². The van der Waals surface area contributed by atoms with Gasteiger partial charge in [0, 0.05) is 12.2 Å². The molecular formula is C12H16ClN. The fraction of sp³-hybridized carbons (Fsp3) is 0.500. The standard InChI is InChI=1S/C12H16ClN/c1-12(2,3)8-4-5-11-9(6-8)10(13)7-14-11/h4-6,10,14H,7H2,1-3H3. The van der Waals surface area contributed by atoms with Crippen LogP contribution in [0.1, 0.15) is 37.3 Å². The molecule has 2 rings (SSSR count). The maximum Gasteiger partial charge on any atom is 0.0777 e. The van der Waals surface area contributed by atoms with Gasteiger partial charge in [-0.05, 0) is 22.6 Å². The lowest BCUT2D eigenvalue weighted by Gasteiger charge is -2.20. The molecular weight excluding hydrogens is 194 g/mol. The monoisotopic (exact) mass is 209 g/mol. The van der Waals surface area contributed by atoms with Crippen molar-refractivity contribution in [1.29, 1.82) is 0 Å². The Labute approximate surface area is 90.5 Å². The molecule has 1 unspecified atom stereocenters. The third-order valence-corrected chi connectivity index (χ3v) is 3.12. The van der Waals surface area contributed by atoms with E-state index >= 15 is 0 Å². The maximum absolute atomic E-state index is 6.20. The SMILES string of the molecule is CC(C)(C)c1ccc2c(c1)C(Cl)CN2. The molecule has 1 aromatic carbocycles. The van der Waals surface area contributed by atoms with Gasteiger partial charge in [-0.3, -0.25) is 0 Å². The Morgan fingerprint density at radius 1 is 1.36 bits per heavy atom. The number of fused-ring (bicyclic) bond motifs is 1. The van der Waals surface area contributed by atoms with Gasteiger partial charge in [0.15, 0.2) is 0 Å². The van der Waals surface area contributed by atoms with Gasteiger partial charge < -0.3 is 5.32 Å². The fourth-order valence-corrected chi connectivity index (χ4v) is 2.02. The molecule has 0 radical (unpaired) electrons. The average molecular weight is 210 g/mol. The van der Waals surface area contributed by atoms with Crippen LogP contribution in [0.2, 0.25) is 0 Å². The lowest BCUT2D eigenvalue weighted by molar-refractivity contribution is 0.589. The molecule has 1 heterocycles. The Balaban J connectivity index is 2.45. The highest BCUT2D eigenvalue weighted by Gasteiger charge is 2.22. The number of alkyl halides is 1. The minimum Gasteiger partial charge on any atom is -0.383 e. The third-order valence-electron chi connectivity index (χ3n) is 2.73. The summed E-state index contributed by atoms with van der Waals surface area (Å²) in [7, 11) is 0. The van der Waals surface area contributed by atoms with E-state index in [-0.39, 0.29) is 10.8 Å². The highest BCUT2D eigenvalue weighted by atomic mass is 35.5. The third kappa shape index (κ3) is 1.61. The zero-order valence-electron chi connectivity index (χ0n) is 8.89. The molecule has 0 amide bonds. The number of halogens is 1. The summed E-state index contributed by atoms with van der Waals surface area (Å²) < 4.78 is 0. The molecule has 14 heavy (non-hydrogen) atoms. The summed E-state index contributed by atoms with van der Waals surface area (Å²) in [5.74, 6) is 0. The Kier molecular flexibility index (Phi) is 2.23. The average Bonchev–Trinajstić information content (AvgIpc) is 2.46. The predicted octanol–water partition coefficient (Wildman–Crippen LogP) is 3.69. The molecule has 1 aliphatic heterocycles. The van der Waals surface area contributed by atoms with Crippen molar-refractivity contribution in [2.45, 2.75) is 31.6 Å². The summed E-state index contributed by atoms with van der Waals surface area (Å²) >= 11 is 6.20. The first-order valence-electron chi connectivity index (χ1n) is 5.01. The van der Waals surface area contributed by atoms with Crippen LogP contribution in [0.3, 0.4) is 0 Å². The Morgan fingerprint density at radius 3 is 2.71 bits per heavy atom. The smallest absolute Gasteiger partial charge is 0.0777 e. The van der Waals surface area contributed by atoms with E-state index < -0.39 is 0 Å². The molecule has 1 aliphatic rings. The highest BCUT2D eigenvalue weighted by Crippen LogP contribution is 2.37. The quantitative estimate of drug-likeness (QED) is 0.643. The van der Waals surface area contributed by atoms with Crippen molar-refractivity contribution in [3.05, 3.63) is 29.3 Å². The lowest BCUT2D eigenvalue weighted by Crippen LogP contribution is -2.11. The van der Waals surface area contributed by atoms with E-state index in [1.54, 1.807) is 0 Å². The largest absolute Gasteiger partial charge is 0.383 e. The fourth-order valence-electron chi connectivity index (χ4n) is 1.76. The maximum atomic E-state index is 6.20. The van der Waals surface area contributed by atoms with Crippen LogP contribution in [-0.4, -0.2) is 6.54 Å². The molecule has 0 fully saturated rings. The van der Waals surface area contributed by atoms with Crippen molar-refractivity contribution in [3.63, 3.8) is 0 Å². The van der Waals surface area contributed by atoms with Gasteiger partial charge in [-0.2, -0.15) is 0 Å². The number of nitrogens with one attached hydrogen (secondary N) is 1. The van der Waals surface area contributed by atoms with E-state index in [4.69, 9.17) is 11.6 Å². The van der Waals surface area contributed by atoms with Gasteiger partial charge in [0.2, 0.25) is 0 Å². The summed E-state index contributed by atoms with van der Waals surface area (Å²) in [4.78, 5) is 0. The molecule has 1 nitrogen and oxygen atoms in total. The summed E-state index contributed by atoms with van der Waals surface area (Å²) in [6.07, 6.45) is 0. The van der Waals surface area contributed by atoms with Crippen molar-refractivity contribution in [3.8, 4) is 0 Å². The van der Waals surface area contributed by atoms with Crippen molar-refractivity contribution < 1.29 is 0 Å². The normalized spacial score (nSPS) is 20.4. The molecule has 76 valence electrons. The van der Waals surface area contributed by atoms with Crippen molar-refractivity contribution in [2.75, 3.05) is 11.9 Å². The number of anilines is 1. The van der Waals surface area contributed by atoms with E-state index in [2.05, 4.69) is 44.3 Å². The first-order chi connectivity index (χ1) is 6.48. The number of hydrogen-bond donors (Lipinski definition) is 1. The molecule has 1 aromatic rings. The second-order valence-electron chi connectivity index (χ2n) is 4.90. The molecule has 0 saturated carbocycles. The number of rotatable bonds is 0. The van der Waals surface area contributed by atoms with Crippen LogP contribution in [0, 0.1) is 0 Å². The molecule has 1 N–H and O–H groups in total. The summed E-state index contributed by atoms with van der Waals surface area (Å²) in [6.45, 7) is 7.52. The highest BCUT2D eigenvalue weighted by molar-refractivity contribution is 6.22. The first kappa shape index (κ1) is 9.85. The van der Waals surface area contributed by atoms with Crippen LogP contribution < -0.4 is 5.32 Å². The first-order valence-corrected chi connectivity index (χ1v) is 5.44. The molecule has 2 heteroatoms. The Morgan fingerprint density at radius 2 is 2.07 bits per heavy atom. The minimum atomic E-state index is 0.132. The van der Waals surface area contributed by atoms with Crippen LogP contribution in [0.5, 0.6) is 0 Å². The number of benzene rings is 1. The van der Waals surface area contributed by atoms with Crippen LogP contribution >= 0.6 is 11.6 Å². The van der Waals surface area contributed by atoms with Crippen LogP contribution in [-0.2, 0) is 5.41 Å². The molecule has 0 bridgehead atoms. The Bertz CT molecular complexity index is 352. The zero-order chi connectivity index (χ0) is 10.3. The second kappa shape index (κ2) is 3.16. The predicted molar refractivity (Wildman–Crippen MR) is 62.2 cm³/mol. The van der Waals surface area contributed by atoms with Gasteiger partial charge in [0.1, 0.15) is 0 Å². The van der Waals surface area contributed by atoms with Crippen LogP contribution in [0.25, 0.3) is 0 Å². The summed E-state index contributed by atoms with van der Waals surface area (Å²) in [6, 6.07) is 6.55. The van der Waals surface area contributed by atoms with Crippen molar-refractivity contribution in [1.82, 2.24) is 0 Å². The lowest BCUT2D eigenvalue weighted by atomic mass is 9.86. The Hall–Kier alpha value is -0.690. The molecule has 1 atom stereocenters. The van der Waals surface area contributed by atoms with Gasteiger partial charge in [-0.15, -0.1) is 11.6 Å². The van der Waals surface area contributed by atoms with E-state index in [1.807, 2.05) is 0 Å². The van der Waals surface area contributed by atoms with Crippen molar-refractivity contribution >= 4 is 17.3 Å². The summed E-state index contributed by atoms with van der Waals surface area (Å²) in [5.41, 5.74) is 4.00. The van der Waals surface area contributed by atoms with E-state index in [9.17, 15) is 0 Å². The van der Waals surface area contributed by atoms with Gasteiger partial charge in [-0.25, -0.2) is 0 Å². The molecule has 0 spiro atoms. The number of hydrogen-bond acceptors (Lipinski definition) is 1. The summed E-state index contributed by atoms with van der Waals surface area (Å²) in [5, 5.41) is 3.43. The second-order valence-corrected chi connectivity index (χ2v) is 5.43. The van der Waals surface area contributed by atoms with E-state index in [1.165, 1.54) is 16.8 Å². The van der Waals surface area contributed by atoms with E-state index in [0.29, 0.717) is 0 Å². The minimum absolute atomic E-state index is 0.132. The van der Waals surface area contributed by atoms with Crippen molar-refractivity contribution in [2.24, 2.45) is 0 Å². The van der Waals surface area contributed by atoms with Gasteiger partial charge in [0.25, 0.3) is 0 Å². The van der Waals surface area contributed by atoms with Gasteiger partial charge in [0.05, 0.1) is 5.38 Å². The zero-order valence-corrected chi connectivity index (χ0v) is 9.65. The molecule has 0 aromatic heterocycles. The van der Waals surface area contributed by atoms with Gasteiger partial charge >= 0.3 is 0 Å². The van der Waals surface area contributed by atoms with Crippen LogP contribution in [0.15, 0.2) is 18.2 Å². The van der Waals surface area contributed by atoms with Gasteiger partial charge in [-0.1, -0.05) is 32.9 Å². The van der Waals surface area contributed by atoms with E-state index in [0.717, 1.165) is 6.54 Å². The van der Waals surface area contributed by atoms with Crippen LogP contribution in [0.4, 0.5) is 5.69 Å². The molecule has 0 saturated heterocycles.